The number of benzene rings is 2. The standard InChI is InChI=1S/C27H32N2/c1-19-5-4-6-20(9-19)17-29-18-24(25-7-2-3-8-26(25)29)16-28-27-13-21-10-22(14-27)12-23(11-21)15-27/h2-9,18,21-23,28H,10-17H2,1H3. The number of nitrogens with one attached hydrogen (secondary N) is 1. The van der Waals surface area contributed by atoms with E-state index in [9.17, 15) is 0 Å². The monoisotopic (exact) mass is 384 g/mol. The van der Waals surface area contributed by atoms with Crippen molar-refractivity contribution in [2.75, 3.05) is 0 Å². The van der Waals surface area contributed by atoms with Gasteiger partial charge in [-0.1, -0.05) is 48.0 Å². The fourth-order valence-electron chi connectivity index (χ4n) is 7.21. The van der Waals surface area contributed by atoms with E-state index >= 15 is 0 Å². The van der Waals surface area contributed by atoms with Gasteiger partial charge in [0.25, 0.3) is 0 Å². The smallest absolute Gasteiger partial charge is 0.0486 e. The third kappa shape index (κ3) is 3.22. The van der Waals surface area contributed by atoms with Crippen molar-refractivity contribution in [1.29, 1.82) is 0 Å². The van der Waals surface area contributed by atoms with Gasteiger partial charge in [0, 0.05) is 35.7 Å². The zero-order valence-corrected chi connectivity index (χ0v) is 17.5. The van der Waals surface area contributed by atoms with Crippen LogP contribution in [0.4, 0.5) is 0 Å². The highest BCUT2D eigenvalue weighted by molar-refractivity contribution is 5.84. The average molecular weight is 385 g/mol. The van der Waals surface area contributed by atoms with Gasteiger partial charge in [0.1, 0.15) is 0 Å². The van der Waals surface area contributed by atoms with Crippen molar-refractivity contribution < 1.29 is 0 Å². The molecule has 29 heavy (non-hydrogen) atoms. The molecule has 1 aromatic heterocycles. The van der Waals surface area contributed by atoms with Crippen molar-refractivity contribution in [3.05, 3.63) is 71.4 Å². The van der Waals surface area contributed by atoms with Crippen molar-refractivity contribution in [3.63, 3.8) is 0 Å². The Morgan fingerprint density at radius 3 is 2.38 bits per heavy atom. The van der Waals surface area contributed by atoms with Crippen LogP contribution >= 0.6 is 0 Å². The molecule has 2 heteroatoms. The summed E-state index contributed by atoms with van der Waals surface area (Å²) in [6.45, 7) is 4.13. The third-order valence-electron chi connectivity index (χ3n) is 8.00. The number of hydrogen-bond acceptors (Lipinski definition) is 1. The van der Waals surface area contributed by atoms with Gasteiger partial charge in [-0.15, -0.1) is 0 Å². The predicted octanol–water partition coefficient (Wildman–Crippen LogP) is 6.06. The van der Waals surface area contributed by atoms with E-state index < -0.39 is 0 Å². The van der Waals surface area contributed by atoms with Gasteiger partial charge in [0.15, 0.2) is 0 Å². The largest absolute Gasteiger partial charge is 0.343 e. The van der Waals surface area contributed by atoms with Crippen LogP contribution in [0.1, 0.15) is 55.2 Å². The highest BCUT2D eigenvalue weighted by atomic mass is 15.0. The van der Waals surface area contributed by atoms with Crippen molar-refractivity contribution in [2.45, 2.75) is 64.1 Å². The molecule has 0 amide bonds. The van der Waals surface area contributed by atoms with Gasteiger partial charge < -0.3 is 9.88 Å². The van der Waals surface area contributed by atoms with Gasteiger partial charge >= 0.3 is 0 Å². The summed E-state index contributed by atoms with van der Waals surface area (Å²) in [6.07, 6.45) is 11.2. The Kier molecular flexibility index (Phi) is 4.13. The molecule has 0 spiro atoms. The predicted molar refractivity (Wildman–Crippen MR) is 120 cm³/mol. The number of aromatic nitrogens is 1. The Balaban J connectivity index is 1.27. The summed E-state index contributed by atoms with van der Waals surface area (Å²) in [5, 5.41) is 5.52. The maximum absolute atomic E-state index is 4.11. The molecular weight excluding hydrogens is 352 g/mol. The molecule has 4 fully saturated rings. The number of nitrogens with zero attached hydrogens (tertiary/aromatic N) is 1. The van der Waals surface area contributed by atoms with E-state index in [1.807, 2.05) is 0 Å². The van der Waals surface area contributed by atoms with E-state index in [0.717, 1.165) is 30.8 Å². The summed E-state index contributed by atoms with van der Waals surface area (Å²) in [7, 11) is 0. The van der Waals surface area contributed by atoms with E-state index in [0.29, 0.717) is 5.54 Å². The lowest BCUT2D eigenvalue weighted by Gasteiger charge is -2.57. The Hall–Kier alpha value is -2.06. The van der Waals surface area contributed by atoms with Crippen LogP contribution in [0.5, 0.6) is 0 Å². The van der Waals surface area contributed by atoms with Crippen LogP contribution in [0.2, 0.25) is 0 Å². The van der Waals surface area contributed by atoms with Crippen LogP contribution in [-0.4, -0.2) is 10.1 Å². The quantitative estimate of drug-likeness (QED) is 0.566. The normalized spacial score (nSPS) is 30.3. The molecule has 4 aliphatic carbocycles. The van der Waals surface area contributed by atoms with Gasteiger partial charge in [-0.2, -0.15) is 0 Å². The third-order valence-corrected chi connectivity index (χ3v) is 8.00. The number of fused-ring (bicyclic) bond motifs is 1. The Morgan fingerprint density at radius 2 is 1.66 bits per heavy atom. The van der Waals surface area contributed by atoms with Gasteiger partial charge in [0.2, 0.25) is 0 Å². The second kappa shape index (κ2) is 6.74. The molecule has 4 aliphatic rings. The lowest BCUT2D eigenvalue weighted by Crippen LogP contribution is -2.58. The number of rotatable bonds is 5. The maximum atomic E-state index is 4.11. The zero-order valence-electron chi connectivity index (χ0n) is 17.5. The molecule has 3 aromatic rings. The molecule has 0 radical (unpaired) electrons. The molecule has 150 valence electrons. The van der Waals surface area contributed by atoms with Crippen LogP contribution in [0.25, 0.3) is 10.9 Å². The number of aryl methyl sites for hydroxylation is 1. The van der Waals surface area contributed by atoms with Crippen LogP contribution in [0.3, 0.4) is 0 Å². The Bertz CT molecular complexity index is 1010. The van der Waals surface area contributed by atoms with Crippen LogP contribution in [0, 0.1) is 24.7 Å². The molecule has 4 bridgehead atoms. The van der Waals surface area contributed by atoms with E-state index in [2.05, 4.69) is 71.5 Å². The molecule has 1 N–H and O–H groups in total. The summed E-state index contributed by atoms with van der Waals surface area (Å²) in [5.74, 6) is 2.99. The zero-order chi connectivity index (χ0) is 19.4. The first-order valence-electron chi connectivity index (χ1n) is 11.5. The molecule has 0 atom stereocenters. The van der Waals surface area contributed by atoms with Gasteiger partial charge in [-0.05, 0) is 80.4 Å². The van der Waals surface area contributed by atoms with Gasteiger partial charge in [-0.3, -0.25) is 0 Å². The first kappa shape index (κ1) is 17.8. The van der Waals surface area contributed by atoms with Crippen molar-refractivity contribution in [2.24, 2.45) is 17.8 Å². The van der Waals surface area contributed by atoms with Crippen LogP contribution in [0.15, 0.2) is 54.7 Å². The van der Waals surface area contributed by atoms with Crippen molar-refractivity contribution in [3.8, 4) is 0 Å². The second-order valence-corrected chi connectivity index (χ2v) is 10.3. The lowest BCUT2D eigenvalue weighted by atomic mass is 9.53. The van der Waals surface area contributed by atoms with E-state index in [-0.39, 0.29) is 0 Å². The summed E-state index contributed by atoms with van der Waals surface area (Å²) < 4.78 is 2.45. The highest BCUT2D eigenvalue weighted by Crippen LogP contribution is 2.55. The molecule has 7 rings (SSSR count). The molecule has 0 unspecified atom stereocenters. The van der Waals surface area contributed by atoms with Crippen LogP contribution < -0.4 is 5.32 Å². The van der Waals surface area contributed by atoms with E-state index in [1.54, 1.807) is 0 Å². The minimum Gasteiger partial charge on any atom is -0.343 e. The molecular formula is C27H32N2. The first-order chi connectivity index (χ1) is 14.2. The molecule has 4 saturated carbocycles. The lowest BCUT2D eigenvalue weighted by molar-refractivity contribution is -0.0205. The number of para-hydroxylation sites is 1. The minimum atomic E-state index is 0.425. The topological polar surface area (TPSA) is 17.0 Å². The SMILES string of the molecule is Cc1cccc(Cn2cc(CNC34CC5CC(CC(C5)C3)C4)c3ccccc32)c1. The maximum Gasteiger partial charge on any atom is 0.0486 e. The van der Waals surface area contributed by atoms with Crippen molar-refractivity contribution in [1.82, 2.24) is 9.88 Å². The summed E-state index contributed by atoms with van der Waals surface area (Å²) in [5.41, 5.74) is 5.96. The van der Waals surface area contributed by atoms with Gasteiger partial charge in [0.05, 0.1) is 0 Å². The summed E-state index contributed by atoms with van der Waals surface area (Å²) in [6, 6.07) is 17.8. The fraction of sp³-hybridized carbons (Fsp3) is 0.481. The van der Waals surface area contributed by atoms with Crippen molar-refractivity contribution >= 4 is 10.9 Å². The first-order valence-corrected chi connectivity index (χ1v) is 11.5. The van der Waals surface area contributed by atoms with Gasteiger partial charge in [-0.25, -0.2) is 0 Å². The molecule has 0 aliphatic heterocycles. The molecule has 2 aromatic carbocycles. The average Bonchev–Trinajstić information content (AvgIpc) is 3.03. The number of hydrogen-bond donors (Lipinski definition) is 1. The Labute approximate surface area is 174 Å². The second-order valence-electron chi connectivity index (χ2n) is 10.3. The summed E-state index contributed by atoms with van der Waals surface area (Å²) in [4.78, 5) is 0. The van der Waals surface area contributed by atoms with Crippen LogP contribution in [-0.2, 0) is 13.1 Å². The molecule has 2 nitrogen and oxygen atoms in total. The molecule has 0 saturated heterocycles. The van der Waals surface area contributed by atoms with E-state index in [4.69, 9.17) is 0 Å². The molecule has 1 heterocycles. The Morgan fingerprint density at radius 1 is 0.931 bits per heavy atom. The van der Waals surface area contributed by atoms with E-state index in [1.165, 1.54) is 66.1 Å². The highest BCUT2D eigenvalue weighted by Gasteiger charge is 2.50. The summed E-state index contributed by atoms with van der Waals surface area (Å²) >= 11 is 0. The fourth-order valence-corrected chi connectivity index (χ4v) is 7.21. The minimum absolute atomic E-state index is 0.425.